The summed E-state index contributed by atoms with van der Waals surface area (Å²) in [4.78, 5) is 0.135. The van der Waals surface area contributed by atoms with Crippen LogP contribution in [0.25, 0.3) is 0 Å². The van der Waals surface area contributed by atoms with Gasteiger partial charge in [0.25, 0.3) is 0 Å². The first-order chi connectivity index (χ1) is 9.02. The van der Waals surface area contributed by atoms with Crippen LogP contribution in [-0.4, -0.2) is 7.11 Å². The van der Waals surface area contributed by atoms with Crippen LogP contribution >= 0.6 is 31.9 Å². The minimum Gasteiger partial charge on any atom is -0.496 e. The van der Waals surface area contributed by atoms with E-state index < -0.39 is 0 Å². The van der Waals surface area contributed by atoms with Crippen LogP contribution in [0, 0.1) is 13.8 Å². The van der Waals surface area contributed by atoms with E-state index in [1.807, 2.05) is 6.07 Å². The van der Waals surface area contributed by atoms with E-state index in [1.165, 1.54) is 16.7 Å². The minimum absolute atomic E-state index is 0.135. The summed E-state index contributed by atoms with van der Waals surface area (Å²) in [7, 11) is 1.71. The Labute approximate surface area is 131 Å². The molecule has 0 radical (unpaired) electrons. The molecule has 0 aliphatic rings. The van der Waals surface area contributed by atoms with Gasteiger partial charge in [-0.2, -0.15) is 0 Å². The third-order valence-corrected chi connectivity index (χ3v) is 4.64. The molecule has 0 N–H and O–H groups in total. The zero-order valence-corrected chi connectivity index (χ0v) is 14.4. The first-order valence-corrected chi connectivity index (χ1v) is 7.78. The molecule has 0 fully saturated rings. The highest BCUT2D eigenvalue weighted by Crippen LogP contribution is 2.38. The van der Waals surface area contributed by atoms with Gasteiger partial charge in [-0.3, -0.25) is 0 Å². The van der Waals surface area contributed by atoms with Crippen molar-refractivity contribution in [1.29, 1.82) is 0 Å². The van der Waals surface area contributed by atoms with E-state index in [0.717, 1.165) is 15.8 Å². The molecule has 3 heteroatoms. The summed E-state index contributed by atoms with van der Waals surface area (Å²) in [5, 5.41) is 0. The van der Waals surface area contributed by atoms with Gasteiger partial charge < -0.3 is 4.74 Å². The minimum atomic E-state index is 0.135. The highest BCUT2D eigenvalue weighted by atomic mass is 79.9. The molecule has 2 rings (SSSR count). The average Bonchev–Trinajstić information content (AvgIpc) is 2.38. The van der Waals surface area contributed by atoms with E-state index in [2.05, 4.69) is 76.0 Å². The van der Waals surface area contributed by atoms with E-state index in [0.29, 0.717) is 0 Å². The fourth-order valence-electron chi connectivity index (χ4n) is 2.14. The maximum atomic E-state index is 5.47. The number of ether oxygens (including phenoxy) is 1. The van der Waals surface area contributed by atoms with Crippen LogP contribution in [0.15, 0.2) is 40.9 Å². The van der Waals surface area contributed by atoms with Gasteiger partial charge in [0.1, 0.15) is 5.75 Å². The van der Waals surface area contributed by atoms with Crippen molar-refractivity contribution in [3.05, 3.63) is 63.1 Å². The zero-order chi connectivity index (χ0) is 14.0. The quantitative estimate of drug-likeness (QED) is 0.630. The highest BCUT2D eigenvalue weighted by molar-refractivity contribution is 9.10. The summed E-state index contributed by atoms with van der Waals surface area (Å²) in [6, 6.07) is 12.6. The molecule has 0 aliphatic carbocycles. The summed E-state index contributed by atoms with van der Waals surface area (Å²) >= 11 is 7.30. The molecule has 2 aromatic rings. The number of rotatable bonds is 3. The number of alkyl halides is 1. The van der Waals surface area contributed by atoms with E-state index in [-0.39, 0.29) is 4.83 Å². The molecule has 0 spiro atoms. The van der Waals surface area contributed by atoms with Gasteiger partial charge in [0, 0.05) is 10.0 Å². The van der Waals surface area contributed by atoms with Crippen molar-refractivity contribution >= 4 is 31.9 Å². The Hall–Kier alpha value is -0.800. The Kier molecular flexibility index (Phi) is 4.69. The second-order valence-corrected chi connectivity index (χ2v) is 6.44. The molecule has 100 valence electrons. The number of aryl methyl sites for hydroxylation is 2. The largest absolute Gasteiger partial charge is 0.496 e. The molecule has 1 atom stereocenters. The zero-order valence-electron chi connectivity index (χ0n) is 11.2. The van der Waals surface area contributed by atoms with Gasteiger partial charge in [0.2, 0.25) is 0 Å². The lowest BCUT2D eigenvalue weighted by Crippen LogP contribution is -1.99. The van der Waals surface area contributed by atoms with Crippen molar-refractivity contribution < 1.29 is 4.74 Å². The van der Waals surface area contributed by atoms with Crippen LogP contribution < -0.4 is 4.74 Å². The smallest absolute Gasteiger partial charge is 0.123 e. The van der Waals surface area contributed by atoms with Gasteiger partial charge in [-0.15, -0.1) is 0 Å². The number of hydrogen-bond acceptors (Lipinski definition) is 1. The van der Waals surface area contributed by atoms with E-state index in [9.17, 15) is 0 Å². The Balaban J connectivity index is 2.49. The predicted octanol–water partition coefficient (Wildman–Crippen LogP) is 5.56. The van der Waals surface area contributed by atoms with Crippen molar-refractivity contribution in [3.63, 3.8) is 0 Å². The molecule has 1 unspecified atom stereocenters. The van der Waals surface area contributed by atoms with Crippen molar-refractivity contribution in [2.45, 2.75) is 18.7 Å². The van der Waals surface area contributed by atoms with Gasteiger partial charge >= 0.3 is 0 Å². The molecule has 2 aromatic carbocycles. The van der Waals surface area contributed by atoms with Crippen LogP contribution in [-0.2, 0) is 0 Å². The molecular formula is C16H16Br2O. The third kappa shape index (κ3) is 3.21. The van der Waals surface area contributed by atoms with Gasteiger partial charge in [-0.05, 0) is 43.2 Å². The first-order valence-electron chi connectivity index (χ1n) is 6.07. The summed E-state index contributed by atoms with van der Waals surface area (Å²) in [6.07, 6.45) is 0. The number of halogens is 2. The summed E-state index contributed by atoms with van der Waals surface area (Å²) in [6.45, 7) is 4.22. The molecule has 19 heavy (non-hydrogen) atoms. The lowest BCUT2D eigenvalue weighted by Gasteiger charge is -2.17. The normalized spacial score (nSPS) is 12.3. The second kappa shape index (κ2) is 6.10. The molecule has 0 saturated carbocycles. The number of methoxy groups -OCH3 is 1. The molecule has 1 nitrogen and oxygen atoms in total. The van der Waals surface area contributed by atoms with Crippen LogP contribution in [0.4, 0.5) is 0 Å². The Bertz CT molecular complexity index is 593. The predicted molar refractivity (Wildman–Crippen MR) is 87.4 cm³/mol. The SMILES string of the molecule is COc1ccc(C)cc1C(Br)c1ccc(Br)cc1C. The van der Waals surface area contributed by atoms with E-state index in [1.54, 1.807) is 7.11 Å². The van der Waals surface area contributed by atoms with Gasteiger partial charge in [-0.1, -0.05) is 55.6 Å². The fourth-order valence-corrected chi connectivity index (χ4v) is 3.49. The Morgan fingerprint density at radius 2 is 1.74 bits per heavy atom. The van der Waals surface area contributed by atoms with E-state index >= 15 is 0 Å². The van der Waals surface area contributed by atoms with Crippen LogP contribution in [0.5, 0.6) is 5.75 Å². The van der Waals surface area contributed by atoms with Crippen molar-refractivity contribution in [1.82, 2.24) is 0 Å². The molecular weight excluding hydrogens is 368 g/mol. The molecule has 0 saturated heterocycles. The lowest BCUT2D eigenvalue weighted by atomic mass is 9.98. The molecule has 0 aromatic heterocycles. The summed E-state index contributed by atoms with van der Waals surface area (Å²) in [5.74, 6) is 0.912. The second-order valence-electron chi connectivity index (χ2n) is 4.61. The van der Waals surface area contributed by atoms with E-state index in [4.69, 9.17) is 4.74 Å². The number of hydrogen-bond donors (Lipinski definition) is 0. The molecule has 0 aliphatic heterocycles. The van der Waals surface area contributed by atoms with Gasteiger partial charge in [0.05, 0.1) is 11.9 Å². The Morgan fingerprint density at radius 3 is 2.37 bits per heavy atom. The molecule has 0 amide bonds. The first kappa shape index (κ1) is 14.6. The average molecular weight is 384 g/mol. The van der Waals surface area contributed by atoms with Crippen LogP contribution in [0.2, 0.25) is 0 Å². The molecule has 0 heterocycles. The maximum Gasteiger partial charge on any atom is 0.123 e. The summed E-state index contributed by atoms with van der Waals surface area (Å²) < 4.78 is 6.57. The monoisotopic (exact) mass is 382 g/mol. The maximum absolute atomic E-state index is 5.47. The number of benzene rings is 2. The Morgan fingerprint density at radius 1 is 1.00 bits per heavy atom. The fraction of sp³-hybridized carbons (Fsp3) is 0.250. The standard InChI is InChI=1S/C16H16Br2O/c1-10-4-7-15(19-3)14(8-10)16(18)13-6-5-12(17)9-11(13)2/h4-9,16H,1-3H3. The van der Waals surface area contributed by atoms with Gasteiger partial charge in [-0.25, -0.2) is 0 Å². The van der Waals surface area contributed by atoms with Crippen molar-refractivity contribution in [2.75, 3.05) is 7.11 Å². The van der Waals surface area contributed by atoms with Gasteiger partial charge in [0.15, 0.2) is 0 Å². The molecule has 0 bridgehead atoms. The summed E-state index contributed by atoms with van der Waals surface area (Å²) in [5.41, 5.74) is 4.90. The van der Waals surface area contributed by atoms with Crippen molar-refractivity contribution in [2.24, 2.45) is 0 Å². The lowest BCUT2D eigenvalue weighted by molar-refractivity contribution is 0.410. The third-order valence-electron chi connectivity index (χ3n) is 3.16. The van der Waals surface area contributed by atoms with Crippen molar-refractivity contribution in [3.8, 4) is 5.75 Å². The topological polar surface area (TPSA) is 9.23 Å². The highest BCUT2D eigenvalue weighted by Gasteiger charge is 2.17. The van der Waals surface area contributed by atoms with Crippen LogP contribution in [0.1, 0.15) is 27.1 Å². The van der Waals surface area contributed by atoms with Crippen LogP contribution in [0.3, 0.4) is 0 Å².